The van der Waals surface area contributed by atoms with E-state index in [1.54, 1.807) is 74.7 Å². The zero-order valence-corrected chi connectivity index (χ0v) is 28.0. The molecule has 0 N–H and O–H groups in total. The Labute approximate surface area is 277 Å². The van der Waals surface area contributed by atoms with Crippen molar-refractivity contribution >= 4 is 72.0 Å². The third kappa shape index (κ3) is 5.81. The molecule has 2 fully saturated rings. The maximum absolute atomic E-state index is 13.6. The number of fused-ring (bicyclic) bond motifs is 2. The third-order valence-corrected chi connectivity index (χ3v) is 11.4. The molecule has 1 aliphatic heterocycles. The predicted octanol–water partition coefficient (Wildman–Crippen LogP) is 7.07. The third-order valence-electron chi connectivity index (χ3n) is 8.62. The van der Waals surface area contributed by atoms with Crippen molar-refractivity contribution < 1.29 is 28.7 Å². The quantitative estimate of drug-likeness (QED) is 0.0867. The lowest BCUT2D eigenvalue weighted by Crippen LogP contribution is -2.34. The Balaban J connectivity index is 1.28. The predicted molar refractivity (Wildman–Crippen MR) is 178 cm³/mol. The minimum absolute atomic E-state index is 0.129. The van der Waals surface area contributed by atoms with Crippen LogP contribution in [-0.4, -0.2) is 51.4 Å². The first-order chi connectivity index (χ1) is 21.6. The molecule has 10 heteroatoms. The summed E-state index contributed by atoms with van der Waals surface area (Å²) in [6.07, 6.45) is 0.174. The molecule has 0 radical (unpaired) electrons. The molecular weight excluding hydrogens is 704 g/mol. The van der Waals surface area contributed by atoms with Gasteiger partial charge in [0, 0.05) is 26.2 Å². The molecule has 1 saturated heterocycles. The van der Waals surface area contributed by atoms with Crippen LogP contribution >= 0.6 is 31.9 Å². The largest absolute Gasteiger partial charge is 0.497 e. The van der Waals surface area contributed by atoms with Crippen LogP contribution in [-0.2, 0) is 14.3 Å². The number of methoxy groups -OCH3 is 1. The average Bonchev–Trinajstić information content (AvgIpc) is 3.28. The molecule has 5 unspecified atom stereocenters. The van der Waals surface area contributed by atoms with Crippen LogP contribution < -0.4 is 9.64 Å². The molecule has 1 aromatic heterocycles. The standard InChI is InChI=1S/C35H30Br2N2O6/c1-18-5-4-6-24-27(35(43)45-19(2)32(40)21-9-13-23(44-3)14-10-21)17-30(38-31(18)24)20-7-11-22(12-8-20)39-33(41)25-15-28(36)29(37)16-26(25)34(39)42/h4-14,17,19,25-26,28-29H,15-16H2,1-3H3. The average molecular weight is 734 g/mol. The van der Waals surface area contributed by atoms with E-state index in [-0.39, 0.29) is 44.7 Å². The van der Waals surface area contributed by atoms with E-state index in [1.807, 2.05) is 19.1 Å². The Kier molecular flexibility index (Phi) is 8.63. The number of carbonyl (C=O) groups is 4. The van der Waals surface area contributed by atoms with Crippen LogP contribution in [0.2, 0.25) is 0 Å². The van der Waals surface area contributed by atoms with E-state index < -0.39 is 12.1 Å². The second-order valence-corrected chi connectivity index (χ2v) is 13.8. The number of ether oxygens (including phenoxy) is 2. The van der Waals surface area contributed by atoms with Crippen LogP contribution in [0.25, 0.3) is 22.2 Å². The first-order valence-corrected chi connectivity index (χ1v) is 16.5. The number of hydrogen-bond acceptors (Lipinski definition) is 7. The summed E-state index contributed by atoms with van der Waals surface area (Å²) in [7, 11) is 1.54. The van der Waals surface area contributed by atoms with Gasteiger partial charge in [-0.25, -0.2) is 9.78 Å². The number of anilines is 1. The number of alkyl halides is 2. The fraction of sp³-hybridized carbons (Fsp3) is 0.286. The summed E-state index contributed by atoms with van der Waals surface area (Å²) in [4.78, 5) is 59.6. The van der Waals surface area contributed by atoms with Crippen LogP contribution in [0.4, 0.5) is 5.69 Å². The van der Waals surface area contributed by atoms with E-state index >= 15 is 0 Å². The number of aryl methyl sites for hydroxylation is 1. The Morgan fingerprint density at radius 1 is 0.911 bits per heavy atom. The normalized spacial score (nSPS) is 21.8. The molecule has 45 heavy (non-hydrogen) atoms. The molecule has 5 atom stereocenters. The number of esters is 1. The van der Waals surface area contributed by atoms with Gasteiger partial charge in [-0.1, -0.05) is 62.2 Å². The number of aromatic nitrogens is 1. The molecule has 4 aromatic rings. The van der Waals surface area contributed by atoms with Crippen molar-refractivity contribution in [1.82, 2.24) is 4.98 Å². The number of halogens is 2. The lowest BCUT2D eigenvalue weighted by Gasteiger charge is -2.29. The minimum Gasteiger partial charge on any atom is -0.497 e. The molecule has 3 aromatic carbocycles. The van der Waals surface area contributed by atoms with Gasteiger partial charge in [-0.2, -0.15) is 0 Å². The molecule has 0 bridgehead atoms. The van der Waals surface area contributed by atoms with Crippen molar-refractivity contribution in [2.45, 2.75) is 42.4 Å². The molecule has 2 heterocycles. The molecule has 2 aliphatic rings. The van der Waals surface area contributed by atoms with Gasteiger partial charge in [0.05, 0.1) is 41.4 Å². The number of carbonyl (C=O) groups excluding carboxylic acids is 4. The number of ketones is 1. The van der Waals surface area contributed by atoms with E-state index in [4.69, 9.17) is 14.5 Å². The smallest absolute Gasteiger partial charge is 0.339 e. The van der Waals surface area contributed by atoms with Crippen LogP contribution in [0.1, 0.15) is 46.0 Å². The van der Waals surface area contributed by atoms with Gasteiger partial charge in [0.25, 0.3) is 0 Å². The number of nitrogens with zero attached hydrogens (tertiary/aromatic N) is 2. The van der Waals surface area contributed by atoms with Crippen molar-refractivity contribution in [3.8, 4) is 17.0 Å². The van der Waals surface area contributed by atoms with Crippen molar-refractivity contribution in [3.63, 3.8) is 0 Å². The number of Topliss-reactive ketones (excluding diaryl/α,β-unsaturated/α-hetero) is 1. The zero-order valence-electron chi connectivity index (χ0n) is 24.8. The number of rotatable bonds is 7. The fourth-order valence-corrected chi connectivity index (χ4v) is 7.34. The van der Waals surface area contributed by atoms with Crippen molar-refractivity contribution in [3.05, 3.63) is 89.5 Å². The first-order valence-electron chi connectivity index (χ1n) is 14.6. The zero-order chi connectivity index (χ0) is 32.0. The number of amides is 2. The van der Waals surface area contributed by atoms with Crippen LogP contribution in [0.3, 0.4) is 0 Å². The fourth-order valence-electron chi connectivity index (χ4n) is 6.11. The van der Waals surface area contributed by atoms with E-state index in [1.165, 1.54) is 4.90 Å². The summed E-state index contributed by atoms with van der Waals surface area (Å²) >= 11 is 7.27. The van der Waals surface area contributed by atoms with Gasteiger partial charge in [0.1, 0.15) is 5.75 Å². The summed E-state index contributed by atoms with van der Waals surface area (Å²) in [5.74, 6) is -1.39. The molecule has 2 amide bonds. The molecular formula is C35H30Br2N2O6. The first kappa shape index (κ1) is 31.1. The Morgan fingerprint density at radius 2 is 1.53 bits per heavy atom. The van der Waals surface area contributed by atoms with E-state index in [2.05, 4.69) is 31.9 Å². The highest BCUT2D eigenvalue weighted by Gasteiger charge is 2.52. The number of benzene rings is 3. The van der Waals surface area contributed by atoms with Crippen LogP contribution in [0.5, 0.6) is 5.75 Å². The van der Waals surface area contributed by atoms with Gasteiger partial charge in [-0.15, -0.1) is 0 Å². The van der Waals surface area contributed by atoms with Crippen LogP contribution in [0, 0.1) is 18.8 Å². The topological polar surface area (TPSA) is 103 Å². The monoisotopic (exact) mass is 732 g/mol. The summed E-state index contributed by atoms with van der Waals surface area (Å²) in [6.45, 7) is 3.46. The van der Waals surface area contributed by atoms with E-state index in [0.29, 0.717) is 52.0 Å². The summed E-state index contributed by atoms with van der Waals surface area (Å²) in [6, 6.07) is 20.9. The SMILES string of the molecule is COc1ccc(C(=O)C(C)OC(=O)c2cc(-c3ccc(N4C(=O)C5CC(Br)C(Br)CC5C4=O)cc3)nc3c(C)cccc23)cc1. The summed E-state index contributed by atoms with van der Waals surface area (Å²) < 4.78 is 10.8. The van der Waals surface area contributed by atoms with E-state index in [0.717, 1.165) is 5.56 Å². The highest BCUT2D eigenvalue weighted by Crippen LogP contribution is 2.44. The van der Waals surface area contributed by atoms with Gasteiger partial charge in [0.15, 0.2) is 6.10 Å². The van der Waals surface area contributed by atoms with Crippen molar-refractivity contribution in [1.29, 1.82) is 0 Å². The maximum Gasteiger partial charge on any atom is 0.339 e. The molecule has 1 aliphatic carbocycles. The minimum atomic E-state index is -1.03. The van der Waals surface area contributed by atoms with Gasteiger partial charge in [-0.3, -0.25) is 19.3 Å². The number of imide groups is 1. The summed E-state index contributed by atoms with van der Waals surface area (Å²) in [5.41, 5.74) is 3.89. The Hall–Kier alpha value is -3.89. The van der Waals surface area contributed by atoms with Gasteiger partial charge in [-0.05, 0) is 74.7 Å². The molecule has 6 rings (SSSR count). The lowest BCUT2D eigenvalue weighted by atomic mass is 9.81. The molecule has 230 valence electrons. The second-order valence-electron chi connectivity index (χ2n) is 11.4. The number of hydrogen-bond donors (Lipinski definition) is 0. The van der Waals surface area contributed by atoms with Crippen LogP contribution in [0.15, 0.2) is 72.8 Å². The summed E-state index contributed by atoms with van der Waals surface area (Å²) in [5, 5.41) is 0.607. The molecule has 1 saturated carbocycles. The highest BCUT2D eigenvalue weighted by atomic mass is 79.9. The van der Waals surface area contributed by atoms with Gasteiger partial charge in [0.2, 0.25) is 17.6 Å². The lowest BCUT2D eigenvalue weighted by molar-refractivity contribution is -0.122. The highest BCUT2D eigenvalue weighted by molar-refractivity contribution is 9.12. The Morgan fingerprint density at radius 3 is 2.13 bits per heavy atom. The number of para-hydroxylation sites is 1. The van der Waals surface area contributed by atoms with Gasteiger partial charge >= 0.3 is 5.97 Å². The van der Waals surface area contributed by atoms with Crippen molar-refractivity contribution in [2.75, 3.05) is 12.0 Å². The number of pyridine rings is 1. The van der Waals surface area contributed by atoms with E-state index in [9.17, 15) is 19.2 Å². The Bertz CT molecular complexity index is 1800. The maximum atomic E-state index is 13.6. The second kappa shape index (κ2) is 12.5. The molecule has 8 nitrogen and oxygen atoms in total. The van der Waals surface area contributed by atoms with Crippen molar-refractivity contribution in [2.24, 2.45) is 11.8 Å². The molecule has 0 spiro atoms. The van der Waals surface area contributed by atoms with Gasteiger partial charge < -0.3 is 9.47 Å².